The van der Waals surface area contributed by atoms with Crippen LogP contribution in [0.1, 0.15) is 31.7 Å². The molecule has 24 heavy (non-hydrogen) atoms. The first-order valence-corrected chi connectivity index (χ1v) is 8.76. The zero-order valence-electron chi connectivity index (χ0n) is 14.2. The predicted molar refractivity (Wildman–Crippen MR) is 94.6 cm³/mol. The van der Waals surface area contributed by atoms with Crippen LogP contribution >= 0.6 is 11.8 Å². The normalized spacial score (nSPS) is 12.0. The number of nitrogens with zero attached hydrogens (tertiary/aromatic N) is 3. The van der Waals surface area contributed by atoms with Crippen LogP contribution in [0.3, 0.4) is 0 Å². The molecule has 1 amide bonds. The average Bonchev–Trinajstić information content (AvgIpc) is 2.93. The summed E-state index contributed by atoms with van der Waals surface area (Å²) in [5, 5.41) is 11.6. The number of ether oxygens (including phenoxy) is 1. The van der Waals surface area contributed by atoms with Crippen molar-refractivity contribution in [2.45, 2.75) is 37.9 Å². The van der Waals surface area contributed by atoms with Crippen molar-refractivity contribution in [3.05, 3.63) is 35.7 Å². The highest BCUT2D eigenvalue weighted by molar-refractivity contribution is 7.99. The highest BCUT2D eigenvalue weighted by atomic mass is 32.2. The number of methoxy groups -OCH3 is 1. The maximum Gasteiger partial charge on any atom is 0.230 e. The molecule has 0 aliphatic heterocycles. The number of hydrogen-bond donors (Lipinski definition) is 2. The predicted octanol–water partition coefficient (Wildman–Crippen LogP) is 1.60. The third-order valence-electron chi connectivity index (χ3n) is 3.61. The Hall–Kier alpha value is -2.22. The van der Waals surface area contributed by atoms with Crippen molar-refractivity contribution in [2.75, 3.05) is 18.7 Å². The zero-order valence-corrected chi connectivity index (χ0v) is 15.0. The molecule has 0 spiro atoms. The molecule has 2 rings (SSSR count). The summed E-state index contributed by atoms with van der Waals surface area (Å²) in [6, 6.07) is 7.86. The van der Waals surface area contributed by atoms with Gasteiger partial charge in [-0.1, -0.05) is 30.8 Å². The van der Waals surface area contributed by atoms with Crippen molar-refractivity contribution >= 4 is 17.7 Å². The Kier molecular flexibility index (Phi) is 6.48. The summed E-state index contributed by atoms with van der Waals surface area (Å²) in [7, 11) is 1.63. The van der Waals surface area contributed by atoms with Gasteiger partial charge in [0.2, 0.25) is 11.1 Å². The van der Waals surface area contributed by atoms with Gasteiger partial charge in [0.05, 0.1) is 12.9 Å². The number of hydrogen-bond acceptors (Lipinski definition) is 6. The average molecular weight is 349 g/mol. The lowest BCUT2D eigenvalue weighted by atomic mass is 10.1. The van der Waals surface area contributed by atoms with E-state index in [4.69, 9.17) is 10.6 Å². The summed E-state index contributed by atoms with van der Waals surface area (Å²) in [5.41, 5.74) is 1.06. The van der Waals surface area contributed by atoms with Crippen molar-refractivity contribution in [3.8, 4) is 5.75 Å². The lowest BCUT2D eigenvalue weighted by Crippen LogP contribution is -2.33. The van der Waals surface area contributed by atoms with Crippen molar-refractivity contribution in [1.29, 1.82) is 0 Å². The van der Waals surface area contributed by atoms with Gasteiger partial charge in [0, 0.05) is 12.5 Å². The molecule has 3 N–H and O–H groups in total. The van der Waals surface area contributed by atoms with E-state index in [0.717, 1.165) is 17.7 Å². The molecular weight excluding hydrogens is 326 g/mol. The molecule has 0 saturated carbocycles. The Labute approximate surface area is 145 Å². The standard InChI is InChI=1S/C16H23N5O2S/c1-4-11(2)18-15(22)10-24-16-20-19-14(21(16)17)9-12-5-7-13(23-3)8-6-12/h5-8,11H,4,9-10,17H2,1-3H3,(H,18,22)/t11-/m1/s1. The molecule has 1 heterocycles. The van der Waals surface area contributed by atoms with E-state index >= 15 is 0 Å². The molecule has 1 aromatic carbocycles. The molecule has 0 fully saturated rings. The van der Waals surface area contributed by atoms with Crippen molar-refractivity contribution in [2.24, 2.45) is 0 Å². The second kappa shape index (κ2) is 8.58. The number of rotatable bonds is 8. The highest BCUT2D eigenvalue weighted by Crippen LogP contribution is 2.17. The number of nitrogen functional groups attached to an aromatic ring is 1. The molecular formula is C16H23N5O2S. The fraction of sp³-hybridized carbons (Fsp3) is 0.438. The molecule has 0 saturated heterocycles. The molecule has 8 heteroatoms. The Bertz CT molecular complexity index is 672. The van der Waals surface area contributed by atoms with E-state index in [9.17, 15) is 4.79 Å². The lowest BCUT2D eigenvalue weighted by Gasteiger charge is -2.10. The molecule has 0 bridgehead atoms. The third-order valence-corrected chi connectivity index (χ3v) is 4.55. The Balaban J connectivity index is 1.93. The fourth-order valence-corrected chi connectivity index (χ4v) is 2.69. The SMILES string of the molecule is CC[C@@H](C)NC(=O)CSc1nnc(Cc2ccc(OC)cc2)n1N. The van der Waals surface area contributed by atoms with E-state index in [2.05, 4.69) is 15.5 Å². The second-order valence-electron chi connectivity index (χ2n) is 5.46. The molecule has 0 radical (unpaired) electrons. The minimum absolute atomic E-state index is 0.0333. The lowest BCUT2D eigenvalue weighted by molar-refractivity contribution is -0.119. The van der Waals surface area contributed by atoms with E-state index in [-0.39, 0.29) is 17.7 Å². The van der Waals surface area contributed by atoms with Gasteiger partial charge in [-0.3, -0.25) is 4.79 Å². The first-order valence-electron chi connectivity index (χ1n) is 7.78. The molecule has 0 aliphatic carbocycles. The minimum atomic E-state index is -0.0333. The van der Waals surface area contributed by atoms with E-state index in [1.54, 1.807) is 7.11 Å². The summed E-state index contributed by atoms with van der Waals surface area (Å²) in [5.74, 6) is 7.71. The number of nitrogens with one attached hydrogen (secondary N) is 1. The number of benzene rings is 1. The van der Waals surface area contributed by atoms with Crippen LogP contribution in [-0.4, -0.2) is 39.7 Å². The number of carbonyl (C=O) groups excluding carboxylic acids is 1. The quantitative estimate of drug-likeness (QED) is 0.555. The second-order valence-corrected chi connectivity index (χ2v) is 6.40. The molecule has 1 atom stereocenters. The summed E-state index contributed by atoms with van der Waals surface area (Å²) in [4.78, 5) is 11.8. The van der Waals surface area contributed by atoms with Gasteiger partial charge in [-0.15, -0.1) is 10.2 Å². The summed E-state index contributed by atoms with van der Waals surface area (Å²) < 4.78 is 6.57. The Morgan fingerprint density at radius 2 is 2.08 bits per heavy atom. The van der Waals surface area contributed by atoms with Crippen LogP contribution in [0.25, 0.3) is 0 Å². The summed E-state index contributed by atoms with van der Waals surface area (Å²) >= 11 is 1.28. The summed E-state index contributed by atoms with van der Waals surface area (Å²) in [6.07, 6.45) is 1.46. The molecule has 2 aromatic rings. The first-order chi connectivity index (χ1) is 11.5. The van der Waals surface area contributed by atoms with Crippen LogP contribution in [0.15, 0.2) is 29.4 Å². The Morgan fingerprint density at radius 3 is 2.71 bits per heavy atom. The van der Waals surface area contributed by atoms with E-state index < -0.39 is 0 Å². The van der Waals surface area contributed by atoms with E-state index in [1.165, 1.54) is 16.4 Å². The van der Waals surface area contributed by atoms with Gasteiger partial charge in [0.25, 0.3) is 0 Å². The maximum absolute atomic E-state index is 11.8. The molecule has 1 aromatic heterocycles. The largest absolute Gasteiger partial charge is 0.497 e. The van der Waals surface area contributed by atoms with Gasteiger partial charge < -0.3 is 15.9 Å². The molecule has 7 nitrogen and oxygen atoms in total. The van der Waals surface area contributed by atoms with Gasteiger partial charge in [-0.2, -0.15) is 0 Å². The number of carbonyl (C=O) groups is 1. The van der Waals surface area contributed by atoms with Crippen LogP contribution < -0.4 is 15.9 Å². The van der Waals surface area contributed by atoms with Crippen molar-refractivity contribution in [3.63, 3.8) is 0 Å². The zero-order chi connectivity index (χ0) is 17.5. The monoisotopic (exact) mass is 349 g/mol. The molecule has 0 unspecified atom stereocenters. The van der Waals surface area contributed by atoms with Crippen molar-refractivity contribution < 1.29 is 9.53 Å². The van der Waals surface area contributed by atoms with E-state index in [0.29, 0.717) is 17.4 Å². The van der Waals surface area contributed by atoms with Gasteiger partial charge in [-0.25, -0.2) is 4.68 Å². The smallest absolute Gasteiger partial charge is 0.230 e. The van der Waals surface area contributed by atoms with Crippen molar-refractivity contribution in [1.82, 2.24) is 20.2 Å². The number of amides is 1. The number of thioether (sulfide) groups is 1. The van der Waals surface area contributed by atoms with Crippen LogP contribution in [0, 0.1) is 0 Å². The summed E-state index contributed by atoms with van der Waals surface area (Å²) in [6.45, 7) is 4.00. The minimum Gasteiger partial charge on any atom is -0.497 e. The molecule has 0 aliphatic rings. The van der Waals surface area contributed by atoms with E-state index in [1.807, 2.05) is 38.1 Å². The van der Waals surface area contributed by atoms with Crippen LogP contribution in [0.4, 0.5) is 0 Å². The van der Waals surface area contributed by atoms with Gasteiger partial charge >= 0.3 is 0 Å². The number of aromatic nitrogens is 3. The van der Waals surface area contributed by atoms with Crippen LogP contribution in [-0.2, 0) is 11.2 Å². The topological polar surface area (TPSA) is 95.1 Å². The van der Waals surface area contributed by atoms with Gasteiger partial charge in [0.15, 0.2) is 5.82 Å². The molecule has 130 valence electrons. The fourth-order valence-electron chi connectivity index (χ4n) is 2.00. The first kappa shape index (κ1) is 18.1. The Morgan fingerprint density at radius 1 is 1.38 bits per heavy atom. The number of nitrogens with two attached hydrogens (primary N) is 1. The van der Waals surface area contributed by atoms with Gasteiger partial charge in [0.1, 0.15) is 5.75 Å². The van der Waals surface area contributed by atoms with Crippen LogP contribution in [0.2, 0.25) is 0 Å². The van der Waals surface area contributed by atoms with Gasteiger partial charge in [-0.05, 0) is 31.0 Å². The third kappa shape index (κ3) is 4.89. The highest BCUT2D eigenvalue weighted by Gasteiger charge is 2.13. The maximum atomic E-state index is 11.8. The van der Waals surface area contributed by atoms with Crippen LogP contribution in [0.5, 0.6) is 5.75 Å².